The van der Waals surface area contributed by atoms with E-state index >= 15 is 0 Å². The van der Waals surface area contributed by atoms with E-state index in [2.05, 4.69) is 30.0 Å². The maximum Gasteiger partial charge on any atom is 0.194 e. The van der Waals surface area contributed by atoms with E-state index in [1.165, 1.54) is 12.1 Å². The monoisotopic (exact) mass is 375 g/mol. The number of anilines is 1. The van der Waals surface area contributed by atoms with Gasteiger partial charge in [-0.2, -0.15) is 0 Å². The summed E-state index contributed by atoms with van der Waals surface area (Å²) in [6.45, 7) is 4.08. The van der Waals surface area contributed by atoms with Crippen LogP contribution in [0.25, 0.3) is 0 Å². The van der Waals surface area contributed by atoms with Crippen LogP contribution in [-0.2, 0) is 19.5 Å². The lowest BCUT2D eigenvalue weighted by Gasteiger charge is -2.37. The minimum absolute atomic E-state index is 0.316. The summed E-state index contributed by atoms with van der Waals surface area (Å²) in [4.78, 5) is 8.34. The normalized spacial score (nSPS) is 17.4. The smallest absolute Gasteiger partial charge is 0.194 e. The molecule has 0 saturated carbocycles. The summed E-state index contributed by atoms with van der Waals surface area (Å²) in [6, 6.07) is 3.57. The zero-order valence-electron chi connectivity index (χ0n) is 15.3. The quantitative estimate of drug-likeness (QED) is 0.649. The third-order valence-corrected chi connectivity index (χ3v) is 5.13. The number of benzene rings is 1. The molecule has 0 radical (unpaired) electrons. The van der Waals surface area contributed by atoms with Gasteiger partial charge in [0.25, 0.3) is 0 Å². The average Bonchev–Trinajstić information content (AvgIpc) is 3.29. The predicted octanol–water partition coefficient (Wildman–Crippen LogP) is 1.40. The maximum absolute atomic E-state index is 14.0. The number of halogens is 2. The standard InChI is InChI=1S/C18H23F2N7/c1-21-18(22-12-17-24-23-16-3-2-6-27(16)17)26-9-7-25(8-10-26)15-11-13(19)4-5-14(15)20/h4-5,11H,2-3,6-10,12H2,1H3,(H,21,22). The molecule has 1 N–H and O–H groups in total. The molecule has 1 aromatic heterocycles. The molecule has 2 aromatic rings. The predicted molar refractivity (Wildman–Crippen MR) is 98.7 cm³/mol. The Morgan fingerprint density at radius 3 is 2.74 bits per heavy atom. The Balaban J connectivity index is 1.35. The molecule has 2 aliphatic rings. The van der Waals surface area contributed by atoms with Gasteiger partial charge in [-0.05, 0) is 18.6 Å². The van der Waals surface area contributed by atoms with Crippen LogP contribution in [0.3, 0.4) is 0 Å². The maximum atomic E-state index is 14.0. The zero-order valence-corrected chi connectivity index (χ0v) is 15.3. The number of fused-ring (bicyclic) bond motifs is 1. The number of aliphatic imine (C=N–C) groups is 1. The number of aromatic nitrogens is 3. The van der Waals surface area contributed by atoms with Crippen molar-refractivity contribution in [3.8, 4) is 0 Å². The van der Waals surface area contributed by atoms with Gasteiger partial charge in [-0.1, -0.05) is 0 Å². The first-order valence-corrected chi connectivity index (χ1v) is 9.22. The molecule has 0 atom stereocenters. The molecule has 0 unspecified atom stereocenters. The number of guanidine groups is 1. The topological polar surface area (TPSA) is 61.6 Å². The second kappa shape index (κ2) is 7.50. The molecule has 0 aliphatic carbocycles. The van der Waals surface area contributed by atoms with Crippen LogP contribution < -0.4 is 10.2 Å². The molecule has 3 heterocycles. The number of piperazine rings is 1. The van der Waals surface area contributed by atoms with Crippen LogP contribution >= 0.6 is 0 Å². The van der Waals surface area contributed by atoms with Crippen LogP contribution in [0.15, 0.2) is 23.2 Å². The van der Waals surface area contributed by atoms with E-state index in [1.807, 2.05) is 4.90 Å². The molecule has 4 rings (SSSR count). The molecule has 1 saturated heterocycles. The Labute approximate surface area is 156 Å². The first kappa shape index (κ1) is 17.7. The summed E-state index contributed by atoms with van der Waals surface area (Å²) >= 11 is 0. The molecule has 0 bridgehead atoms. The first-order chi connectivity index (χ1) is 13.2. The Kier molecular flexibility index (Phi) is 4.91. The SMILES string of the molecule is CN=C(NCc1nnc2n1CCC2)N1CCN(c2cc(F)ccc2F)CC1. The van der Waals surface area contributed by atoms with E-state index < -0.39 is 11.6 Å². The number of hydrogen-bond acceptors (Lipinski definition) is 4. The summed E-state index contributed by atoms with van der Waals surface area (Å²) in [5, 5.41) is 11.8. The van der Waals surface area contributed by atoms with Crippen LogP contribution in [0.2, 0.25) is 0 Å². The Morgan fingerprint density at radius 1 is 1.15 bits per heavy atom. The minimum Gasteiger partial charge on any atom is -0.366 e. The van der Waals surface area contributed by atoms with Gasteiger partial charge in [0.05, 0.1) is 12.2 Å². The second-order valence-electron chi connectivity index (χ2n) is 6.76. The summed E-state index contributed by atoms with van der Waals surface area (Å²) < 4.78 is 29.6. The zero-order chi connectivity index (χ0) is 18.8. The van der Waals surface area contributed by atoms with Crippen LogP contribution in [0.4, 0.5) is 14.5 Å². The lowest BCUT2D eigenvalue weighted by Crippen LogP contribution is -2.52. The van der Waals surface area contributed by atoms with Crippen LogP contribution in [0.5, 0.6) is 0 Å². The molecule has 7 nitrogen and oxygen atoms in total. The van der Waals surface area contributed by atoms with Crippen molar-refractivity contribution in [1.29, 1.82) is 0 Å². The highest BCUT2D eigenvalue weighted by Crippen LogP contribution is 2.22. The summed E-state index contributed by atoms with van der Waals surface area (Å²) in [5.41, 5.74) is 0.316. The number of nitrogens with zero attached hydrogens (tertiary/aromatic N) is 6. The molecular weight excluding hydrogens is 352 g/mol. The Bertz CT molecular complexity index is 840. The van der Waals surface area contributed by atoms with Gasteiger partial charge in [0.2, 0.25) is 0 Å². The van der Waals surface area contributed by atoms with Gasteiger partial charge in [0.1, 0.15) is 17.5 Å². The van der Waals surface area contributed by atoms with E-state index in [0.717, 1.165) is 43.1 Å². The number of hydrogen-bond donors (Lipinski definition) is 1. The minimum atomic E-state index is -0.424. The lowest BCUT2D eigenvalue weighted by atomic mass is 10.2. The van der Waals surface area contributed by atoms with E-state index in [-0.39, 0.29) is 0 Å². The van der Waals surface area contributed by atoms with E-state index in [0.29, 0.717) is 38.4 Å². The number of nitrogens with one attached hydrogen (secondary N) is 1. The molecule has 1 fully saturated rings. The first-order valence-electron chi connectivity index (χ1n) is 9.22. The fourth-order valence-electron chi connectivity index (χ4n) is 3.72. The Hall–Kier alpha value is -2.71. The highest BCUT2D eigenvalue weighted by Gasteiger charge is 2.23. The average molecular weight is 375 g/mol. The van der Waals surface area contributed by atoms with Crippen LogP contribution in [0.1, 0.15) is 18.1 Å². The molecule has 144 valence electrons. The van der Waals surface area contributed by atoms with Crippen molar-refractivity contribution in [2.45, 2.75) is 25.9 Å². The van der Waals surface area contributed by atoms with Crippen molar-refractivity contribution in [2.24, 2.45) is 4.99 Å². The van der Waals surface area contributed by atoms with Crippen molar-refractivity contribution >= 4 is 11.6 Å². The summed E-state index contributed by atoms with van der Waals surface area (Å²) in [5.74, 6) is 1.93. The molecule has 2 aliphatic heterocycles. The van der Waals surface area contributed by atoms with Gasteiger partial charge in [0, 0.05) is 52.3 Å². The molecule has 0 spiro atoms. The van der Waals surface area contributed by atoms with Gasteiger partial charge in [0.15, 0.2) is 11.8 Å². The van der Waals surface area contributed by atoms with Crippen LogP contribution in [0, 0.1) is 11.6 Å². The molecule has 9 heteroatoms. The van der Waals surface area contributed by atoms with E-state index in [1.54, 1.807) is 7.05 Å². The fourth-order valence-corrected chi connectivity index (χ4v) is 3.72. The van der Waals surface area contributed by atoms with Crippen molar-refractivity contribution in [1.82, 2.24) is 25.0 Å². The molecule has 1 aromatic carbocycles. The van der Waals surface area contributed by atoms with Crippen molar-refractivity contribution in [3.63, 3.8) is 0 Å². The van der Waals surface area contributed by atoms with Crippen molar-refractivity contribution < 1.29 is 8.78 Å². The van der Waals surface area contributed by atoms with Crippen molar-refractivity contribution in [2.75, 3.05) is 38.1 Å². The third kappa shape index (κ3) is 3.58. The van der Waals surface area contributed by atoms with Gasteiger partial charge in [-0.15, -0.1) is 10.2 Å². The van der Waals surface area contributed by atoms with Crippen molar-refractivity contribution in [3.05, 3.63) is 41.5 Å². The highest BCUT2D eigenvalue weighted by atomic mass is 19.1. The molecular formula is C18H23F2N7. The fraction of sp³-hybridized carbons (Fsp3) is 0.500. The summed E-state index contributed by atoms with van der Waals surface area (Å²) in [6.07, 6.45) is 2.10. The van der Waals surface area contributed by atoms with Gasteiger partial charge in [-0.3, -0.25) is 4.99 Å². The third-order valence-electron chi connectivity index (χ3n) is 5.13. The van der Waals surface area contributed by atoms with E-state index in [9.17, 15) is 8.78 Å². The number of aryl methyl sites for hydroxylation is 1. The van der Waals surface area contributed by atoms with Crippen LogP contribution in [-0.4, -0.2) is 58.9 Å². The summed E-state index contributed by atoms with van der Waals surface area (Å²) in [7, 11) is 1.75. The highest BCUT2D eigenvalue weighted by molar-refractivity contribution is 5.80. The largest absolute Gasteiger partial charge is 0.366 e. The van der Waals surface area contributed by atoms with E-state index in [4.69, 9.17) is 0 Å². The van der Waals surface area contributed by atoms with Gasteiger partial charge >= 0.3 is 0 Å². The van der Waals surface area contributed by atoms with Gasteiger partial charge in [-0.25, -0.2) is 8.78 Å². The molecule has 27 heavy (non-hydrogen) atoms. The number of rotatable bonds is 3. The molecule has 0 amide bonds. The second-order valence-corrected chi connectivity index (χ2v) is 6.76. The Morgan fingerprint density at radius 2 is 1.96 bits per heavy atom. The lowest BCUT2D eigenvalue weighted by molar-refractivity contribution is 0.369. The van der Waals surface area contributed by atoms with Gasteiger partial charge < -0.3 is 19.7 Å².